The molecule has 0 spiro atoms. The van der Waals surface area contributed by atoms with E-state index in [9.17, 15) is 0 Å². The van der Waals surface area contributed by atoms with Gasteiger partial charge in [0, 0.05) is 24.4 Å². The summed E-state index contributed by atoms with van der Waals surface area (Å²) in [6, 6.07) is 5.52. The van der Waals surface area contributed by atoms with Crippen LogP contribution in [0.4, 0.5) is 5.69 Å². The van der Waals surface area contributed by atoms with Gasteiger partial charge in [0.25, 0.3) is 0 Å². The highest BCUT2D eigenvalue weighted by Crippen LogP contribution is 2.21. The van der Waals surface area contributed by atoms with Crippen molar-refractivity contribution in [2.45, 2.75) is 0 Å². The first-order valence-electron chi connectivity index (χ1n) is 3.84. The van der Waals surface area contributed by atoms with Gasteiger partial charge in [0.2, 0.25) is 0 Å². The number of hydrogen-bond acceptors (Lipinski definition) is 3. The maximum Gasteiger partial charge on any atom is 0.120 e. The fourth-order valence-electron chi connectivity index (χ4n) is 1.07. The van der Waals surface area contributed by atoms with Crippen LogP contribution in [0.25, 0.3) is 0 Å². The maximum atomic E-state index is 5.53. The largest absolute Gasteiger partial charge is 0.497 e. The summed E-state index contributed by atoms with van der Waals surface area (Å²) in [5.41, 5.74) is 7.25. The van der Waals surface area contributed by atoms with Gasteiger partial charge >= 0.3 is 0 Å². The van der Waals surface area contributed by atoms with Crippen LogP contribution in [0.2, 0.25) is 0 Å². The van der Waals surface area contributed by atoms with Gasteiger partial charge in [-0.3, -0.25) is 0 Å². The fourth-order valence-corrected chi connectivity index (χ4v) is 1.25. The van der Waals surface area contributed by atoms with Gasteiger partial charge in [0.1, 0.15) is 10.7 Å². The molecule has 3 nitrogen and oxygen atoms in total. The van der Waals surface area contributed by atoms with Crippen molar-refractivity contribution < 1.29 is 4.74 Å². The summed E-state index contributed by atoms with van der Waals surface area (Å²) in [6.07, 6.45) is 0. The lowest BCUT2D eigenvalue weighted by Crippen LogP contribution is -2.11. The van der Waals surface area contributed by atoms with Gasteiger partial charge in [-0.1, -0.05) is 12.2 Å². The van der Waals surface area contributed by atoms with E-state index in [4.69, 9.17) is 22.7 Å². The molecule has 0 saturated carbocycles. The van der Waals surface area contributed by atoms with Gasteiger partial charge in [-0.2, -0.15) is 0 Å². The number of ether oxygens (including phenoxy) is 1. The van der Waals surface area contributed by atoms with E-state index in [1.54, 1.807) is 7.11 Å². The predicted molar refractivity (Wildman–Crippen MR) is 58.4 cm³/mol. The third-order valence-electron chi connectivity index (χ3n) is 1.76. The molecule has 4 heteroatoms. The summed E-state index contributed by atoms with van der Waals surface area (Å²) in [4.78, 5) is 0.381. The van der Waals surface area contributed by atoms with Crippen LogP contribution >= 0.6 is 12.2 Å². The van der Waals surface area contributed by atoms with Crippen molar-refractivity contribution in [2.24, 2.45) is 5.73 Å². The lowest BCUT2D eigenvalue weighted by Gasteiger charge is -2.09. The SMILES string of the molecule is CNc1cc(OC)ccc1C(N)=S. The predicted octanol–water partition coefficient (Wildman–Crippen LogP) is 1.37. The van der Waals surface area contributed by atoms with Crippen LogP contribution < -0.4 is 15.8 Å². The van der Waals surface area contributed by atoms with Gasteiger partial charge in [0.15, 0.2) is 0 Å². The molecule has 3 N–H and O–H groups in total. The van der Waals surface area contributed by atoms with Crippen LogP contribution in [0.15, 0.2) is 18.2 Å². The van der Waals surface area contributed by atoms with Crippen LogP contribution in [0, 0.1) is 0 Å². The van der Waals surface area contributed by atoms with E-state index >= 15 is 0 Å². The Labute approximate surface area is 82.9 Å². The summed E-state index contributed by atoms with van der Waals surface area (Å²) in [6.45, 7) is 0. The van der Waals surface area contributed by atoms with Crippen molar-refractivity contribution in [3.8, 4) is 5.75 Å². The number of thiocarbonyl (C=S) groups is 1. The van der Waals surface area contributed by atoms with Crippen LogP contribution in [0.3, 0.4) is 0 Å². The second-order valence-electron chi connectivity index (χ2n) is 2.53. The molecule has 0 aliphatic rings. The molecule has 13 heavy (non-hydrogen) atoms. The number of hydrogen-bond donors (Lipinski definition) is 2. The molecule has 0 radical (unpaired) electrons. The molecule has 70 valence electrons. The normalized spacial score (nSPS) is 9.38. The smallest absolute Gasteiger partial charge is 0.120 e. The Morgan fingerprint density at radius 2 is 2.23 bits per heavy atom. The lowest BCUT2D eigenvalue weighted by atomic mass is 10.1. The summed E-state index contributed by atoms with van der Waals surface area (Å²) in [5.74, 6) is 0.782. The summed E-state index contributed by atoms with van der Waals surface area (Å²) in [5, 5.41) is 3.00. The van der Waals surface area contributed by atoms with Gasteiger partial charge in [-0.05, 0) is 12.1 Å². The first-order valence-corrected chi connectivity index (χ1v) is 4.25. The minimum absolute atomic E-state index is 0.381. The molecule has 0 unspecified atom stereocenters. The van der Waals surface area contributed by atoms with E-state index in [1.165, 1.54) is 0 Å². The minimum Gasteiger partial charge on any atom is -0.497 e. The third kappa shape index (κ3) is 2.09. The van der Waals surface area contributed by atoms with E-state index in [2.05, 4.69) is 5.32 Å². The van der Waals surface area contributed by atoms with Crippen molar-refractivity contribution in [1.29, 1.82) is 0 Å². The Morgan fingerprint density at radius 3 is 2.69 bits per heavy atom. The number of rotatable bonds is 3. The summed E-state index contributed by atoms with van der Waals surface area (Å²) >= 11 is 4.89. The zero-order chi connectivity index (χ0) is 9.84. The number of benzene rings is 1. The average molecular weight is 196 g/mol. The first kappa shape index (κ1) is 9.80. The van der Waals surface area contributed by atoms with E-state index < -0.39 is 0 Å². The van der Waals surface area contributed by atoms with E-state index in [1.807, 2.05) is 25.2 Å². The third-order valence-corrected chi connectivity index (χ3v) is 1.98. The quantitative estimate of drug-likeness (QED) is 0.717. The number of methoxy groups -OCH3 is 1. The zero-order valence-electron chi connectivity index (χ0n) is 7.63. The summed E-state index contributed by atoms with van der Waals surface area (Å²) < 4.78 is 5.07. The molecule has 1 aromatic rings. The van der Waals surface area contributed by atoms with E-state index in [0.717, 1.165) is 17.0 Å². The van der Waals surface area contributed by atoms with Crippen LogP contribution in [0.1, 0.15) is 5.56 Å². The molecule has 0 fully saturated rings. The van der Waals surface area contributed by atoms with Crippen molar-refractivity contribution in [2.75, 3.05) is 19.5 Å². The second-order valence-corrected chi connectivity index (χ2v) is 2.97. The maximum absolute atomic E-state index is 5.53. The molecule has 0 aromatic heterocycles. The van der Waals surface area contributed by atoms with Crippen LogP contribution in [-0.4, -0.2) is 19.1 Å². The highest BCUT2D eigenvalue weighted by Gasteiger charge is 2.04. The molecule has 0 atom stereocenters. The van der Waals surface area contributed by atoms with Gasteiger partial charge in [-0.25, -0.2) is 0 Å². The molecule has 0 saturated heterocycles. The Bertz CT molecular complexity index is 325. The lowest BCUT2D eigenvalue weighted by molar-refractivity contribution is 0.415. The Balaban J connectivity index is 3.15. The monoisotopic (exact) mass is 196 g/mol. The fraction of sp³-hybridized carbons (Fsp3) is 0.222. The van der Waals surface area contributed by atoms with E-state index in [0.29, 0.717) is 4.99 Å². The second kappa shape index (κ2) is 4.09. The zero-order valence-corrected chi connectivity index (χ0v) is 8.44. The molecule has 0 bridgehead atoms. The number of nitrogens with two attached hydrogens (primary N) is 1. The van der Waals surface area contributed by atoms with Crippen molar-refractivity contribution in [3.05, 3.63) is 23.8 Å². The molecular formula is C9H12N2OS. The topological polar surface area (TPSA) is 47.3 Å². The van der Waals surface area contributed by atoms with Crippen molar-refractivity contribution in [3.63, 3.8) is 0 Å². The first-order chi connectivity index (χ1) is 6.19. The van der Waals surface area contributed by atoms with E-state index in [-0.39, 0.29) is 0 Å². The summed E-state index contributed by atoms with van der Waals surface area (Å²) in [7, 11) is 3.44. The van der Waals surface area contributed by atoms with Crippen molar-refractivity contribution in [1.82, 2.24) is 0 Å². The van der Waals surface area contributed by atoms with Gasteiger partial charge < -0.3 is 15.8 Å². The molecule has 0 amide bonds. The molecule has 0 aliphatic carbocycles. The Morgan fingerprint density at radius 1 is 1.54 bits per heavy atom. The molecule has 0 aliphatic heterocycles. The van der Waals surface area contributed by atoms with Gasteiger partial charge in [-0.15, -0.1) is 0 Å². The van der Waals surface area contributed by atoms with Crippen LogP contribution in [0.5, 0.6) is 5.75 Å². The Hall–Kier alpha value is -1.29. The average Bonchev–Trinajstić information content (AvgIpc) is 2.16. The van der Waals surface area contributed by atoms with Gasteiger partial charge in [0.05, 0.1) is 7.11 Å². The minimum atomic E-state index is 0.381. The number of anilines is 1. The van der Waals surface area contributed by atoms with Crippen molar-refractivity contribution >= 4 is 22.9 Å². The number of nitrogens with one attached hydrogen (secondary N) is 1. The molecule has 1 rings (SSSR count). The molecular weight excluding hydrogens is 184 g/mol. The van der Waals surface area contributed by atoms with Crippen LogP contribution in [-0.2, 0) is 0 Å². The highest BCUT2D eigenvalue weighted by molar-refractivity contribution is 7.80. The molecule has 1 aromatic carbocycles. The molecule has 0 heterocycles. The highest BCUT2D eigenvalue weighted by atomic mass is 32.1. The Kier molecular flexibility index (Phi) is 3.08. The standard InChI is InChI=1S/C9H12N2OS/c1-11-8-5-6(12-2)3-4-7(8)9(10)13/h3-5,11H,1-2H3,(H2,10,13).